The van der Waals surface area contributed by atoms with Gasteiger partial charge >= 0.3 is 0 Å². The van der Waals surface area contributed by atoms with E-state index >= 15 is 0 Å². The summed E-state index contributed by atoms with van der Waals surface area (Å²) in [5, 5.41) is 11.3. The van der Waals surface area contributed by atoms with Crippen molar-refractivity contribution >= 4 is 32.8 Å². The van der Waals surface area contributed by atoms with Gasteiger partial charge in [-0.25, -0.2) is 4.98 Å². The smallest absolute Gasteiger partial charge is 0.265 e. The van der Waals surface area contributed by atoms with Crippen LogP contribution in [0.1, 0.15) is 16.2 Å². The molecule has 3 rings (SSSR count). The topological polar surface area (TPSA) is 75.0 Å². The lowest BCUT2D eigenvalue weighted by molar-refractivity contribution is -0.255. The van der Waals surface area contributed by atoms with Crippen molar-refractivity contribution in [2.24, 2.45) is 0 Å². The minimum atomic E-state index is -1.25. The fourth-order valence-corrected chi connectivity index (χ4v) is 2.68. The van der Waals surface area contributed by atoms with Crippen molar-refractivity contribution in [1.29, 1.82) is 0 Å². The van der Waals surface area contributed by atoms with Crippen molar-refractivity contribution < 1.29 is 9.90 Å². The first-order valence-electron chi connectivity index (χ1n) is 6.48. The van der Waals surface area contributed by atoms with Gasteiger partial charge in [-0.2, -0.15) is 0 Å². The number of carboxylic acids is 1. The molecule has 5 nitrogen and oxygen atoms in total. The van der Waals surface area contributed by atoms with Gasteiger partial charge in [0.1, 0.15) is 5.82 Å². The highest BCUT2D eigenvalue weighted by Crippen LogP contribution is 2.17. The molecule has 0 bridgehead atoms. The Morgan fingerprint density at radius 3 is 2.50 bits per heavy atom. The van der Waals surface area contributed by atoms with Crippen LogP contribution >= 0.6 is 15.9 Å². The van der Waals surface area contributed by atoms with Gasteiger partial charge in [0.15, 0.2) is 0 Å². The summed E-state index contributed by atoms with van der Waals surface area (Å²) < 4.78 is 2.25. The SMILES string of the molecule is Cc1nc2ccc(Br)cc2c(=O)n1-c1ccc(C(=O)[O-])cc1. The molecule has 0 aliphatic carbocycles. The van der Waals surface area contributed by atoms with Crippen molar-refractivity contribution in [3.63, 3.8) is 0 Å². The predicted octanol–water partition coefficient (Wildman–Crippen LogP) is 1.82. The number of carbonyl (C=O) groups is 1. The molecule has 1 heterocycles. The third kappa shape index (κ3) is 2.42. The van der Waals surface area contributed by atoms with Crippen LogP contribution in [0.25, 0.3) is 16.6 Å². The van der Waals surface area contributed by atoms with Crippen molar-refractivity contribution in [1.82, 2.24) is 9.55 Å². The molecule has 0 atom stereocenters. The number of halogens is 1. The highest BCUT2D eigenvalue weighted by molar-refractivity contribution is 9.10. The third-order valence-electron chi connectivity index (χ3n) is 3.36. The van der Waals surface area contributed by atoms with Gasteiger partial charge in [-0.15, -0.1) is 0 Å². The summed E-state index contributed by atoms with van der Waals surface area (Å²) in [7, 11) is 0. The number of carboxylic acid groups (broad SMARTS) is 1. The first-order chi connectivity index (χ1) is 10.5. The number of carbonyl (C=O) groups excluding carboxylic acids is 1. The lowest BCUT2D eigenvalue weighted by Crippen LogP contribution is -2.24. The van der Waals surface area contributed by atoms with E-state index in [-0.39, 0.29) is 11.1 Å². The summed E-state index contributed by atoms with van der Waals surface area (Å²) >= 11 is 3.34. The first-order valence-corrected chi connectivity index (χ1v) is 7.27. The molecule has 0 aliphatic rings. The Balaban J connectivity index is 2.26. The first kappa shape index (κ1) is 14.5. The van der Waals surface area contributed by atoms with Crippen LogP contribution in [0.2, 0.25) is 0 Å². The van der Waals surface area contributed by atoms with Crippen molar-refractivity contribution in [2.75, 3.05) is 0 Å². The minimum Gasteiger partial charge on any atom is -0.545 e. The summed E-state index contributed by atoms with van der Waals surface area (Å²) in [6.45, 7) is 1.73. The van der Waals surface area contributed by atoms with Crippen LogP contribution in [-0.2, 0) is 0 Å². The molecule has 0 unspecified atom stereocenters. The van der Waals surface area contributed by atoms with E-state index in [9.17, 15) is 14.7 Å². The molecule has 2 aromatic carbocycles. The van der Waals surface area contributed by atoms with E-state index < -0.39 is 5.97 Å². The fraction of sp³-hybridized carbons (Fsp3) is 0.0625. The number of hydrogen-bond acceptors (Lipinski definition) is 4. The van der Waals surface area contributed by atoms with Crippen LogP contribution in [0.15, 0.2) is 51.7 Å². The number of nitrogens with zero attached hydrogens (tertiary/aromatic N) is 2. The molecule has 0 spiro atoms. The maximum absolute atomic E-state index is 12.7. The third-order valence-corrected chi connectivity index (χ3v) is 3.85. The van der Waals surface area contributed by atoms with E-state index in [1.165, 1.54) is 16.7 Å². The van der Waals surface area contributed by atoms with Gasteiger partial charge in [0, 0.05) is 4.47 Å². The van der Waals surface area contributed by atoms with Gasteiger partial charge in [-0.1, -0.05) is 28.1 Å². The molecule has 6 heteroatoms. The molecule has 0 amide bonds. The van der Waals surface area contributed by atoms with Crippen LogP contribution in [0.4, 0.5) is 0 Å². The molecule has 0 radical (unpaired) electrons. The van der Waals surface area contributed by atoms with Gasteiger partial charge in [-0.05, 0) is 42.8 Å². The zero-order valence-electron chi connectivity index (χ0n) is 11.5. The average Bonchev–Trinajstić information content (AvgIpc) is 2.49. The fourth-order valence-electron chi connectivity index (χ4n) is 2.32. The Morgan fingerprint density at radius 1 is 1.18 bits per heavy atom. The van der Waals surface area contributed by atoms with E-state index in [1.54, 1.807) is 31.2 Å². The van der Waals surface area contributed by atoms with Gasteiger partial charge in [0.25, 0.3) is 5.56 Å². The Bertz CT molecular complexity index is 946. The maximum Gasteiger partial charge on any atom is 0.265 e. The van der Waals surface area contributed by atoms with Gasteiger partial charge < -0.3 is 9.90 Å². The summed E-state index contributed by atoms with van der Waals surface area (Å²) in [6, 6.07) is 11.3. The molecular weight excluding hydrogens is 348 g/mol. The number of aromatic nitrogens is 2. The number of aryl methyl sites for hydroxylation is 1. The van der Waals surface area contributed by atoms with Crippen LogP contribution in [-0.4, -0.2) is 15.5 Å². The zero-order valence-corrected chi connectivity index (χ0v) is 13.1. The van der Waals surface area contributed by atoms with E-state index in [1.807, 2.05) is 6.07 Å². The standard InChI is InChI=1S/C16H11BrN2O3/c1-9-18-14-7-4-11(17)8-13(14)15(20)19(9)12-5-2-10(3-6-12)16(21)22/h2-8H,1H3,(H,21,22)/p-1. The van der Waals surface area contributed by atoms with E-state index in [0.717, 1.165) is 4.47 Å². The number of hydrogen-bond donors (Lipinski definition) is 0. The molecule has 1 aromatic heterocycles. The summed E-state index contributed by atoms with van der Waals surface area (Å²) in [5.41, 5.74) is 1.03. The highest BCUT2D eigenvalue weighted by Gasteiger charge is 2.10. The van der Waals surface area contributed by atoms with Gasteiger partial charge in [0.2, 0.25) is 0 Å². The Morgan fingerprint density at radius 2 is 1.86 bits per heavy atom. The molecule has 0 aliphatic heterocycles. The summed E-state index contributed by atoms with van der Waals surface area (Å²) in [5.74, 6) is -0.725. The Kier molecular flexibility index (Phi) is 3.54. The summed E-state index contributed by atoms with van der Waals surface area (Å²) in [4.78, 5) is 27.9. The van der Waals surface area contributed by atoms with Gasteiger partial charge in [-0.3, -0.25) is 9.36 Å². The molecular formula is C16H10BrN2O3-. The van der Waals surface area contributed by atoms with E-state index in [0.29, 0.717) is 22.4 Å². The number of fused-ring (bicyclic) bond motifs is 1. The van der Waals surface area contributed by atoms with Crippen molar-refractivity contribution in [2.45, 2.75) is 6.92 Å². The molecule has 0 N–H and O–H groups in total. The Labute approximate surface area is 134 Å². The molecule has 22 heavy (non-hydrogen) atoms. The quantitative estimate of drug-likeness (QED) is 0.700. The predicted molar refractivity (Wildman–Crippen MR) is 84.1 cm³/mol. The van der Waals surface area contributed by atoms with Crippen LogP contribution in [0, 0.1) is 6.92 Å². The largest absolute Gasteiger partial charge is 0.545 e. The van der Waals surface area contributed by atoms with Crippen LogP contribution in [0.3, 0.4) is 0 Å². The number of rotatable bonds is 2. The Hall–Kier alpha value is -2.47. The second kappa shape index (κ2) is 5.38. The molecule has 0 fully saturated rings. The number of benzene rings is 2. The second-order valence-corrected chi connectivity index (χ2v) is 5.71. The average molecular weight is 358 g/mol. The normalized spacial score (nSPS) is 10.8. The maximum atomic E-state index is 12.7. The zero-order chi connectivity index (χ0) is 15.9. The molecule has 3 aromatic rings. The summed E-state index contributed by atoms with van der Waals surface area (Å²) in [6.07, 6.45) is 0. The molecule has 0 saturated carbocycles. The van der Waals surface area contributed by atoms with Crippen molar-refractivity contribution in [3.05, 3.63) is 68.7 Å². The lowest BCUT2D eigenvalue weighted by Gasteiger charge is -2.12. The second-order valence-electron chi connectivity index (χ2n) is 4.80. The highest BCUT2D eigenvalue weighted by atomic mass is 79.9. The van der Waals surface area contributed by atoms with Crippen molar-refractivity contribution in [3.8, 4) is 5.69 Å². The monoisotopic (exact) mass is 357 g/mol. The number of aromatic carboxylic acids is 1. The van der Waals surface area contributed by atoms with E-state index in [2.05, 4.69) is 20.9 Å². The minimum absolute atomic E-state index is 0.0611. The molecule has 110 valence electrons. The van der Waals surface area contributed by atoms with Crippen LogP contribution in [0.5, 0.6) is 0 Å². The van der Waals surface area contributed by atoms with Gasteiger partial charge in [0.05, 0.1) is 22.6 Å². The lowest BCUT2D eigenvalue weighted by atomic mass is 10.2. The molecule has 0 saturated heterocycles. The van der Waals surface area contributed by atoms with Crippen LogP contribution < -0.4 is 10.7 Å². The van der Waals surface area contributed by atoms with E-state index in [4.69, 9.17) is 0 Å².